The van der Waals surface area contributed by atoms with Gasteiger partial charge in [0.1, 0.15) is 11.1 Å². The fourth-order valence-corrected chi connectivity index (χ4v) is 4.15. The minimum atomic E-state index is -0.215. The van der Waals surface area contributed by atoms with Crippen LogP contribution in [0.25, 0.3) is 0 Å². The van der Waals surface area contributed by atoms with E-state index in [-0.39, 0.29) is 11.3 Å². The monoisotopic (exact) mass is 375 g/mol. The van der Waals surface area contributed by atoms with Crippen LogP contribution >= 0.6 is 11.8 Å². The lowest BCUT2D eigenvalue weighted by molar-refractivity contribution is -0.115. The maximum atomic E-state index is 12.6. The molecule has 0 saturated carbocycles. The Morgan fingerprint density at radius 3 is 2.12 bits per heavy atom. The van der Waals surface area contributed by atoms with Crippen molar-refractivity contribution in [2.45, 2.75) is 5.37 Å². The normalized spacial score (nSPS) is 16.5. The number of methoxy groups -OCH3 is 4. The number of carbonyl (C=O) groups is 1. The molecule has 138 valence electrons. The van der Waals surface area contributed by atoms with Crippen LogP contribution in [0.15, 0.2) is 36.4 Å². The number of nitrogens with zero attached hydrogens (tertiary/aromatic N) is 1. The molecular weight excluding hydrogens is 354 g/mol. The molecule has 1 atom stereocenters. The van der Waals surface area contributed by atoms with E-state index in [0.29, 0.717) is 28.8 Å². The largest absolute Gasteiger partial charge is 0.495 e. The highest BCUT2D eigenvalue weighted by Crippen LogP contribution is 2.48. The van der Waals surface area contributed by atoms with Gasteiger partial charge in [0.05, 0.1) is 39.9 Å². The quantitative estimate of drug-likeness (QED) is 0.770. The summed E-state index contributed by atoms with van der Waals surface area (Å²) in [6.45, 7) is 0. The molecule has 2 aromatic rings. The summed E-state index contributed by atoms with van der Waals surface area (Å²) in [5, 5.41) is -0.215. The summed E-state index contributed by atoms with van der Waals surface area (Å²) in [5.41, 5.74) is 1.63. The van der Waals surface area contributed by atoms with Crippen LogP contribution in [0.2, 0.25) is 0 Å². The highest BCUT2D eigenvalue weighted by molar-refractivity contribution is 8.00. The first kappa shape index (κ1) is 18.3. The molecule has 6 nitrogen and oxygen atoms in total. The van der Waals surface area contributed by atoms with Gasteiger partial charge in [0.25, 0.3) is 0 Å². The summed E-state index contributed by atoms with van der Waals surface area (Å²) in [7, 11) is 6.31. The second-order valence-corrected chi connectivity index (χ2v) is 6.63. The number of para-hydroxylation sites is 2. The number of amides is 1. The maximum absolute atomic E-state index is 12.6. The van der Waals surface area contributed by atoms with Crippen LogP contribution in [0.1, 0.15) is 10.9 Å². The number of carbonyl (C=O) groups excluding carboxylic acids is 1. The lowest BCUT2D eigenvalue weighted by Gasteiger charge is -2.26. The van der Waals surface area contributed by atoms with Crippen molar-refractivity contribution in [1.29, 1.82) is 0 Å². The standard InChI is InChI=1S/C19H21NO5S/c1-22-14-8-6-5-7-13(14)20-17(21)11-26-19(20)12-9-15(23-2)18(25-4)16(10-12)24-3/h5-10,19H,11H2,1-4H3/t19-/m1/s1. The predicted octanol–water partition coefficient (Wildman–Crippen LogP) is 3.50. The van der Waals surface area contributed by atoms with Crippen LogP contribution in [0, 0.1) is 0 Å². The molecule has 0 spiro atoms. The Balaban J connectivity index is 2.09. The lowest BCUT2D eigenvalue weighted by Crippen LogP contribution is -2.28. The molecule has 1 aliphatic rings. The molecule has 1 fully saturated rings. The fourth-order valence-electron chi connectivity index (χ4n) is 3.00. The minimum Gasteiger partial charge on any atom is -0.495 e. The van der Waals surface area contributed by atoms with Crippen molar-refractivity contribution in [2.75, 3.05) is 39.1 Å². The number of hydrogen-bond acceptors (Lipinski definition) is 6. The topological polar surface area (TPSA) is 57.2 Å². The average Bonchev–Trinajstić information content (AvgIpc) is 3.07. The van der Waals surface area contributed by atoms with E-state index in [1.165, 1.54) is 0 Å². The molecule has 0 N–H and O–H groups in total. The van der Waals surface area contributed by atoms with Crippen molar-refractivity contribution in [3.63, 3.8) is 0 Å². The summed E-state index contributed by atoms with van der Waals surface area (Å²) < 4.78 is 21.7. The number of hydrogen-bond donors (Lipinski definition) is 0. The van der Waals surface area contributed by atoms with E-state index in [2.05, 4.69) is 0 Å². The van der Waals surface area contributed by atoms with E-state index in [9.17, 15) is 4.79 Å². The molecule has 1 aliphatic heterocycles. The third-order valence-electron chi connectivity index (χ3n) is 4.18. The van der Waals surface area contributed by atoms with Gasteiger partial charge < -0.3 is 18.9 Å². The number of benzene rings is 2. The minimum absolute atomic E-state index is 0.0262. The van der Waals surface area contributed by atoms with E-state index in [0.717, 1.165) is 11.3 Å². The van der Waals surface area contributed by atoms with Crippen LogP contribution in [-0.4, -0.2) is 40.1 Å². The van der Waals surface area contributed by atoms with Crippen molar-refractivity contribution in [3.05, 3.63) is 42.0 Å². The van der Waals surface area contributed by atoms with Crippen molar-refractivity contribution < 1.29 is 23.7 Å². The van der Waals surface area contributed by atoms with Crippen LogP contribution in [-0.2, 0) is 4.79 Å². The molecule has 0 radical (unpaired) electrons. The zero-order valence-electron chi connectivity index (χ0n) is 15.1. The average molecular weight is 375 g/mol. The van der Waals surface area contributed by atoms with Crippen LogP contribution in [0.5, 0.6) is 23.0 Å². The Morgan fingerprint density at radius 2 is 1.54 bits per heavy atom. The third kappa shape index (κ3) is 3.14. The molecule has 1 amide bonds. The molecule has 0 aromatic heterocycles. The number of ether oxygens (including phenoxy) is 4. The fraction of sp³-hybridized carbons (Fsp3) is 0.316. The Hall–Kier alpha value is -2.54. The summed E-state index contributed by atoms with van der Waals surface area (Å²) in [6, 6.07) is 11.2. The molecule has 0 bridgehead atoms. The second-order valence-electron chi connectivity index (χ2n) is 5.56. The van der Waals surface area contributed by atoms with Gasteiger partial charge in [0.15, 0.2) is 11.5 Å². The Kier molecular flexibility index (Phi) is 5.46. The number of thioether (sulfide) groups is 1. The Labute approximate surface area is 157 Å². The lowest BCUT2D eigenvalue weighted by atomic mass is 10.1. The first-order chi connectivity index (χ1) is 12.6. The molecule has 26 heavy (non-hydrogen) atoms. The van der Waals surface area contributed by atoms with Crippen LogP contribution in [0.4, 0.5) is 5.69 Å². The molecule has 1 saturated heterocycles. The van der Waals surface area contributed by atoms with Gasteiger partial charge in [-0.05, 0) is 29.8 Å². The van der Waals surface area contributed by atoms with Crippen molar-refractivity contribution in [2.24, 2.45) is 0 Å². The van der Waals surface area contributed by atoms with E-state index >= 15 is 0 Å². The van der Waals surface area contributed by atoms with Gasteiger partial charge >= 0.3 is 0 Å². The summed E-state index contributed by atoms with van der Waals surface area (Å²) in [6.07, 6.45) is 0. The highest BCUT2D eigenvalue weighted by atomic mass is 32.2. The van der Waals surface area contributed by atoms with Gasteiger partial charge in [-0.25, -0.2) is 0 Å². The number of anilines is 1. The van der Waals surface area contributed by atoms with E-state index < -0.39 is 0 Å². The zero-order chi connectivity index (χ0) is 18.7. The van der Waals surface area contributed by atoms with Gasteiger partial charge in [0, 0.05) is 0 Å². The van der Waals surface area contributed by atoms with Crippen molar-refractivity contribution >= 4 is 23.4 Å². The summed E-state index contributed by atoms with van der Waals surface area (Å²) >= 11 is 1.55. The van der Waals surface area contributed by atoms with Gasteiger partial charge in [-0.3, -0.25) is 9.69 Å². The molecule has 7 heteroatoms. The number of rotatable bonds is 6. The highest BCUT2D eigenvalue weighted by Gasteiger charge is 2.36. The molecule has 1 heterocycles. The van der Waals surface area contributed by atoms with Gasteiger partial charge in [-0.15, -0.1) is 11.8 Å². The molecular formula is C19H21NO5S. The molecule has 2 aromatic carbocycles. The molecule has 0 unspecified atom stereocenters. The molecule has 0 aliphatic carbocycles. The summed E-state index contributed by atoms with van der Waals surface area (Å²) in [5.74, 6) is 2.71. The van der Waals surface area contributed by atoms with Crippen LogP contribution in [0.3, 0.4) is 0 Å². The second kappa shape index (κ2) is 7.78. The van der Waals surface area contributed by atoms with E-state index in [1.54, 1.807) is 45.1 Å². The SMILES string of the molecule is COc1ccccc1N1C(=O)CS[C@@H]1c1cc(OC)c(OC)c(OC)c1. The zero-order valence-corrected chi connectivity index (χ0v) is 16.0. The van der Waals surface area contributed by atoms with Crippen LogP contribution < -0.4 is 23.8 Å². The third-order valence-corrected chi connectivity index (χ3v) is 5.40. The first-order valence-corrected chi connectivity index (χ1v) is 9.06. The maximum Gasteiger partial charge on any atom is 0.238 e. The Bertz CT molecular complexity index is 785. The van der Waals surface area contributed by atoms with Crippen molar-refractivity contribution in [3.8, 4) is 23.0 Å². The van der Waals surface area contributed by atoms with E-state index in [1.807, 2.05) is 36.4 Å². The van der Waals surface area contributed by atoms with E-state index in [4.69, 9.17) is 18.9 Å². The summed E-state index contributed by atoms with van der Waals surface area (Å²) in [4.78, 5) is 14.4. The van der Waals surface area contributed by atoms with Crippen molar-refractivity contribution in [1.82, 2.24) is 0 Å². The first-order valence-electron chi connectivity index (χ1n) is 8.01. The smallest absolute Gasteiger partial charge is 0.238 e. The molecule has 3 rings (SSSR count). The van der Waals surface area contributed by atoms with Gasteiger partial charge in [-0.2, -0.15) is 0 Å². The van der Waals surface area contributed by atoms with Gasteiger partial charge in [-0.1, -0.05) is 12.1 Å². The Morgan fingerprint density at radius 1 is 0.923 bits per heavy atom. The predicted molar refractivity (Wildman–Crippen MR) is 102 cm³/mol. The van der Waals surface area contributed by atoms with Gasteiger partial charge in [0.2, 0.25) is 11.7 Å².